The number of carbonyl (C=O) groups excluding carboxylic acids is 2. The van der Waals surface area contributed by atoms with Crippen molar-refractivity contribution in [1.29, 1.82) is 0 Å². The number of likely N-dealkylation sites (tertiary alicyclic amines) is 1. The Bertz CT molecular complexity index is 814. The Morgan fingerprint density at radius 3 is 2.61 bits per heavy atom. The zero-order valence-corrected chi connectivity index (χ0v) is 16.8. The van der Waals surface area contributed by atoms with Crippen molar-refractivity contribution < 1.29 is 18.7 Å². The Morgan fingerprint density at radius 1 is 1.29 bits per heavy atom. The highest BCUT2D eigenvalue weighted by atomic mass is 32.1. The van der Waals surface area contributed by atoms with Gasteiger partial charge in [-0.1, -0.05) is 13.8 Å². The minimum atomic E-state index is -0.316. The van der Waals surface area contributed by atoms with E-state index in [0.29, 0.717) is 49.2 Å². The molecule has 0 radical (unpaired) electrons. The highest BCUT2D eigenvalue weighted by Crippen LogP contribution is 2.31. The summed E-state index contributed by atoms with van der Waals surface area (Å²) in [6.45, 7) is 5.38. The van der Waals surface area contributed by atoms with Crippen molar-refractivity contribution in [3.8, 4) is 11.3 Å². The maximum atomic E-state index is 13.1. The van der Waals surface area contributed by atoms with E-state index in [2.05, 4.69) is 10.3 Å². The van der Waals surface area contributed by atoms with Crippen molar-refractivity contribution in [3.63, 3.8) is 0 Å². The van der Waals surface area contributed by atoms with Gasteiger partial charge < -0.3 is 15.0 Å². The van der Waals surface area contributed by atoms with Crippen LogP contribution in [0.5, 0.6) is 0 Å². The molecule has 1 fully saturated rings. The lowest BCUT2D eigenvalue weighted by atomic mass is 9.96. The zero-order valence-electron chi connectivity index (χ0n) is 16.0. The quantitative estimate of drug-likeness (QED) is 0.801. The zero-order chi connectivity index (χ0) is 20.1. The molecule has 2 heterocycles. The molecule has 0 unspecified atom stereocenters. The number of nitrogens with one attached hydrogen (secondary N) is 1. The number of halogens is 1. The minimum Gasteiger partial charge on any atom is -0.449 e. The number of benzene rings is 1. The maximum Gasteiger partial charge on any atom is 0.409 e. The molecule has 0 spiro atoms. The third-order valence-corrected chi connectivity index (χ3v) is 5.33. The number of hydrogen-bond donors (Lipinski definition) is 1. The molecule has 0 saturated carbocycles. The van der Waals surface area contributed by atoms with Gasteiger partial charge in [-0.2, -0.15) is 0 Å². The van der Waals surface area contributed by atoms with Crippen LogP contribution in [0.1, 0.15) is 26.7 Å². The van der Waals surface area contributed by atoms with Gasteiger partial charge >= 0.3 is 6.09 Å². The number of piperidine rings is 1. The molecule has 1 aliphatic heterocycles. The molecule has 6 nitrogen and oxygen atoms in total. The average Bonchev–Trinajstić information content (AvgIpc) is 3.14. The summed E-state index contributed by atoms with van der Waals surface area (Å²) in [6.07, 6.45) is 0.870. The van der Waals surface area contributed by atoms with Crippen LogP contribution in [0.2, 0.25) is 0 Å². The molecule has 1 saturated heterocycles. The number of nitrogens with zero attached hydrogens (tertiary/aromatic N) is 2. The molecule has 0 bridgehead atoms. The fourth-order valence-electron chi connectivity index (χ4n) is 3.02. The molecule has 2 amide bonds. The lowest BCUT2D eigenvalue weighted by Crippen LogP contribution is -2.42. The van der Waals surface area contributed by atoms with Crippen LogP contribution in [-0.4, -0.2) is 41.6 Å². The maximum absolute atomic E-state index is 13.1. The Labute approximate surface area is 167 Å². The third-order valence-electron chi connectivity index (χ3n) is 4.59. The van der Waals surface area contributed by atoms with Gasteiger partial charge in [0.05, 0.1) is 12.1 Å². The number of carbonyl (C=O) groups is 2. The Kier molecular flexibility index (Phi) is 6.61. The van der Waals surface area contributed by atoms with E-state index in [1.54, 1.807) is 22.5 Å². The SMILES string of the molecule is CC(C)COC(=O)N1CCC(C(=O)Nc2scnc2-c2ccc(F)cc2)CC1. The Balaban J connectivity index is 1.55. The lowest BCUT2D eigenvalue weighted by Gasteiger charge is -2.30. The van der Waals surface area contributed by atoms with Crippen LogP contribution < -0.4 is 5.32 Å². The normalized spacial score (nSPS) is 14.9. The van der Waals surface area contributed by atoms with Gasteiger partial charge in [0, 0.05) is 24.6 Å². The van der Waals surface area contributed by atoms with E-state index in [4.69, 9.17) is 4.74 Å². The van der Waals surface area contributed by atoms with E-state index < -0.39 is 0 Å². The van der Waals surface area contributed by atoms with Crippen LogP contribution >= 0.6 is 11.3 Å². The van der Waals surface area contributed by atoms with E-state index in [1.165, 1.54) is 23.5 Å². The molecule has 8 heteroatoms. The van der Waals surface area contributed by atoms with Crippen molar-refractivity contribution in [2.45, 2.75) is 26.7 Å². The standard InChI is InChI=1S/C20H24FN3O3S/c1-13(2)11-27-20(26)24-9-7-15(8-10-24)18(25)23-19-17(22-12-28-19)14-3-5-16(21)6-4-14/h3-6,12-13,15H,7-11H2,1-2H3,(H,23,25). The van der Waals surface area contributed by atoms with Gasteiger partial charge in [0.15, 0.2) is 0 Å². The first-order valence-electron chi connectivity index (χ1n) is 9.36. The summed E-state index contributed by atoms with van der Waals surface area (Å²) >= 11 is 1.33. The molecule has 0 aliphatic carbocycles. The van der Waals surface area contributed by atoms with Gasteiger partial charge in [-0.05, 0) is 43.0 Å². The van der Waals surface area contributed by atoms with Gasteiger partial charge in [0.2, 0.25) is 5.91 Å². The molecule has 3 rings (SSSR count). The third kappa shape index (κ3) is 5.07. The molecule has 1 aromatic heterocycles. The summed E-state index contributed by atoms with van der Waals surface area (Å²) in [6, 6.07) is 6.02. The van der Waals surface area contributed by atoms with Crippen LogP contribution in [0.3, 0.4) is 0 Å². The smallest absolute Gasteiger partial charge is 0.409 e. The highest BCUT2D eigenvalue weighted by Gasteiger charge is 2.29. The molecular weight excluding hydrogens is 381 g/mol. The second kappa shape index (κ2) is 9.14. The Hall–Kier alpha value is -2.48. The van der Waals surface area contributed by atoms with E-state index in [0.717, 1.165) is 5.56 Å². The van der Waals surface area contributed by atoms with Crippen molar-refractivity contribution in [1.82, 2.24) is 9.88 Å². The monoisotopic (exact) mass is 405 g/mol. The molecule has 28 heavy (non-hydrogen) atoms. The number of rotatable bonds is 5. The number of amides is 2. The number of aromatic nitrogens is 1. The van der Waals surface area contributed by atoms with Crippen molar-refractivity contribution in [3.05, 3.63) is 35.6 Å². The predicted octanol–water partition coefficient (Wildman–Crippen LogP) is 4.39. The van der Waals surface area contributed by atoms with E-state index in [-0.39, 0.29) is 23.7 Å². The highest BCUT2D eigenvalue weighted by molar-refractivity contribution is 7.14. The topological polar surface area (TPSA) is 71.5 Å². The molecule has 1 aliphatic rings. The average molecular weight is 405 g/mol. The largest absolute Gasteiger partial charge is 0.449 e. The van der Waals surface area contributed by atoms with Gasteiger partial charge in [-0.25, -0.2) is 14.2 Å². The molecule has 0 atom stereocenters. The predicted molar refractivity (Wildman–Crippen MR) is 107 cm³/mol. The van der Waals surface area contributed by atoms with Crippen LogP contribution in [-0.2, 0) is 9.53 Å². The molecule has 150 valence electrons. The van der Waals surface area contributed by atoms with Crippen molar-refractivity contribution in [2.75, 3.05) is 25.0 Å². The summed E-state index contributed by atoms with van der Waals surface area (Å²) in [5.41, 5.74) is 3.04. The van der Waals surface area contributed by atoms with Crippen molar-refractivity contribution >= 4 is 28.3 Å². The first-order valence-corrected chi connectivity index (χ1v) is 10.2. The second-order valence-electron chi connectivity index (χ2n) is 7.26. The second-order valence-corrected chi connectivity index (χ2v) is 8.11. The molecule has 1 N–H and O–H groups in total. The van der Waals surface area contributed by atoms with E-state index in [9.17, 15) is 14.0 Å². The molecular formula is C20H24FN3O3S. The lowest BCUT2D eigenvalue weighted by molar-refractivity contribution is -0.121. The first-order chi connectivity index (χ1) is 13.4. The molecule has 2 aromatic rings. The number of ether oxygens (including phenoxy) is 1. The van der Waals surface area contributed by atoms with Gasteiger partial charge in [0.25, 0.3) is 0 Å². The van der Waals surface area contributed by atoms with E-state index >= 15 is 0 Å². The first kappa shape index (κ1) is 20.3. The number of thiazole rings is 1. The van der Waals surface area contributed by atoms with Gasteiger partial charge in [0.1, 0.15) is 16.5 Å². The van der Waals surface area contributed by atoms with Crippen LogP contribution in [0.4, 0.5) is 14.2 Å². The summed E-state index contributed by atoms with van der Waals surface area (Å²) in [5.74, 6) is -0.273. The van der Waals surface area contributed by atoms with Gasteiger partial charge in [-0.3, -0.25) is 4.79 Å². The summed E-state index contributed by atoms with van der Waals surface area (Å²) in [7, 11) is 0. The van der Waals surface area contributed by atoms with Crippen molar-refractivity contribution in [2.24, 2.45) is 11.8 Å². The minimum absolute atomic E-state index is 0.0807. The summed E-state index contributed by atoms with van der Waals surface area (Å²) in [4.78, 5) is 30.7. The summed E-state index contributed by atoms with van der Waals surface area (Å²) in [5, 5.41) is 3.59. The van der Waals surface area contributed by atoms with Crippen LogP contribution in [0.25, 0.3) is 11.3 Å². The molecule has 1 aromatic carbocycles. The summed E-state index contributed by atoms with van der Waals surface area (Å²) < 4.78 is 18.4. The van der Waals surface area contributed by atoms with Crippen LogP contribution in [0, 0.1) is 17.7 Å². The van der Waals surface area contributed by atoms with Crippen LogP contribution in [0.15, 0.2) is 29.8 Å². The number of hydrogen-bond acceptors (Lipinski definition) is 5. The fraction of sp³-hybridized carbons (Fsp3) is 0.450. The Morgan fingerprint density at radius 2 is 1.96 bits per heavy atom. The van der Waals surface area contributed by atoms with Gasteiger partial charge in [-0.15, -0.1) is 11.3 Å². The fourth-order valence-corrected chi connectivity index (χ4v) is 3.72. The van der Waals surface area contributed by atoms with E-state index in [1.807, 2.05) is 13.8 Å². The number of anilines is 1.